The normalized spacial score (nSPS) is 24.7. The summed E-state index contributed by atoms with van der Waals surface area (Å²) in [4.78, 5) is 0. The third-order valence-electron chi connectivity index (χ3n) is 1.75. The maximum absolute atomic E-state index is 12.8. The van der Waals surface area contributed by atoms with Crippen LogP contribution in [0.3, 0.4) is 0 Å². The van der Waals surface area contributed by atoms with Crippen LogP contribution in [-0.2, 0) is 19.6 Å². The molecule has 1 saturated heterocycles. The molecule has 14 heavy (non-hydrogen) atoms. The van der Waals surface area contributed by atoms with E-state index in [-0.39, 0.29) is 12.7 Å². The van der Waals surface area contributed by atoms with Gasteiger partial charge in [0.15, 0.2) is 0 Å². The molecular formula is C6H10F2O5S. The fourth-order valence-corrected chi connectivity index (χ4v) is 1.21. The third-order valence-corrected chi connectivity index (χ3v) is 2.77. The van der Waals surface area contributed by atoms with Crippen molar-refractivity contribution in [3.8, 4) is 0 Å². The second kappa shape index (κ2) is 3.69. The summed E-state index contributed by atoms with van der Waals surface area (Å²) in [7, 11) is -5.43. The van der Waals surface area contributed by atoms with E-state index in [2.05, 4.69) is 9.47 Å². The maximum atomic E-state index is 12.8. The van der Waals surface area contributed by atoms with Gasteiger partial charge in [-0.1, -0.05) is 0 Å². The SMILES string of the molecule is CC(OCC1CO1)C(F)(F)S(=O)(=O)O. The van der Waals surface area contributed by atoms with Crippen LogP contribution in [0.4, 0.5) is 8.78 Å². The van der Waals surface area contributed by atoms with Gasteiger partial charge in [0.25, 0.3) is 0 Å². The molecule has 0 amide bonds. The molecule has 0 aromatic rings. The van der Waals surface area contributed by atoms with Gasteiger partial charge in [0.1, 0.15) is 12.2 Å². The van der Waals surface area contributed by atoms with E-state index in [1.54, 1.807) is 0 Å². The minimum absolute atomic E-state index is 0.105. The summed E-state index contributed by atoms with van der Waals surface area (Å²) in [6, 6.07) is 0. The van der Waals surface area contributed by atoms with Gasteiger partial charge in [0.05, 0.1) is 13.2 Å². The predicted molar refractivity (Wildman–Crippen MR) is 41.6 cm³/mol. The summed E-state index contributed by atoms with van der Waals surface area (Å²) in [5.41, 5.74) is 0. The Morgan fingerprint density at radius 2 is 2.21 bits per heavy atom. The Morgan fingerprint density at radius 1 is 1.71 bits per heavy atom. The molecule has 8 heteroatoms. The van der Waals surface area contributed by atoms with Crippen LogP contribution in [0.25, 0.3) is 0 Å². The fourth-order valence-electron chi connectivity index (χ4n) is 0.723. The molecule has 0 aromatic carbocycles. The quantitative estimate of drug-likeness (QED) is 0.544. The molecule has 1 heterocycles. The smallest absolute Gasteiger partial charge is 0.371 e. The van der Waals surface area contributed by atoms with Crippen LogP contribution in [0.15, 0.2) is 0 Å². The van der Waals surface area contributed by atoms with Crippen LogP contribution >= 0.6 is 0 Å². The molecule has 1 aliphatic heterocycles. The lowest BCUT2D eigenvalue weighted by Crippen LogP contribution is -2.41. The average molecular weight is 232 g/mol. The number of alkyl halides is 2. The molecule has 0 spiro atoms. The van der Waals surface area contributed by atoms with Gasteiger partial charge in [-0.25, -0.2) is 0 Å². The molecular weight excluding hydrogens is 222 g/mol. The fraction of sp³-hybridized carbons (Fsp3) is 1.00. The first kappa shape index (κ1) is 11.8. The van der Waals surface area contributed by atoms with E-state index < -0.39 is 21.5 Å². The molecule has 0 aliphatic carbocycles. The standard InChI is InChI=1S/C6H10F2O5S/c1-4(12-2-5-3-13-5)6(7,8)14(9,10)11/h4-5H,2-3H2,1H3,(H,9,10,11). The first-order chi connectivity index (χ1) is 6.25. The van der Waals surface area contributed by atoms with Crippen molar-refractivity contribution in [3.63, 3.8) is 0 Å². The van der Waals surface area contributed by atoms with E-state index in [0.717, 1.165) is 6.92 Å². The second-order valence-corrected chi connectivity index (χ2v) is 4.46. The predicted octanol–water partition coefficient (Wildman–Crippen LogP) is 0.271. The van der Waals surface area contributed by atoms with Crippen LogP contribution in [0.1, 0.15) is 6.92 Å². The van der Waals surface area contributed by atoms with Crippen molar-refractivity contribution in [2.24, 2.45) is 0 Å². The minimum atomic E-state index is -5.43. The topological polar surface area (TPSA) is 76.1 Å². The van der Waals surface area contributed by atoms with Gasteiger partial charge in [-0.3, -0.25) is 4.55 Å². The summed E-state index contributed by atoms with van der Waals surface area (Å²) >= 11 is 0. The Labute approximate surface area is 79.7 Å². The van der Waals surface area contributed by atoms with Crippen LogP contribution in [0.2, 0.25) is 0 Å². The van der Waals surface area contributed by atoms with Crippen molar-refractivity contribution in [3.05, 3.63) is 0 Å². The molecule has 2 unspecified atom stereocenters. The summed E-state index contributed by atoms with van der Waals surface area (Å²) in [5, 5.41) is -4.29. The summed E-state index contributed by atoms with van der Waals surface area (Å²) < 4.78 is 63.5. The van der Waals surface area contributed by atoms with Gasteiger partial charge in [-0.15, -0.1) is 0 Å². The molecule has 1 N–H and O–H groups in total. The molecule has 2 atom stereocenters. The first-order valence-electron chi connectivity index (χ1n) is 3.83. The van der Waals surface area contributed by atoms with Crippen molar-refractivity contribution < 1.29 is 31.2 Å². The molecule has 1 fully saturated rings. The van der Waals surface area contributed by atoms with E-state index in [1.807, 2.05) is 0 Å². The third kappa shape index (κ3) is 2.59. The molecule has 84 valence electrons. The van der Waals surface area contributed by atoms with Gasteiger partial charge in [0.2, 0.25) is 0 Å². The molecule has 0 radical (unpaired) electrons. The van der Waals surface area contributed by atoms with E-state index >= 15 is 0 Å². The van der Waals surface area contributed by atoms with E-state index in [1.165, 1.54) is 0 Å². The largest absolute Gasteiger partial charge is 0.394 e. The van der Waals surface area contributed by atoms with Crippen molar-refractivity contribution in [1.82, 2.24) is 0 Å². The van der Waals surface area contributed by atoms with Crippen LogP contribution < -0.4 is 0 Å². The van der Waals surface area contributed by atoms with Crippen molar-refractivity contribution in [1.29, 1.82) is 0 Å². The van der Waals surface area contributed by atoms with Crippen molar-refractivity contribution in [2.75, 3.05) is 13.2 Å². The number of epoxide rings is 1. The summed E-state index contributed by atoms with van der Waals surface area (Å²) in [6.45, 7) is 1.19. The monoisotopic (exact) mass is 232 g/mol. The number of halogens is 2. The molecule has 5 nitrogen and oxygen atoms in total. The highest BCUT2D eigenvalue weighted by Crippen LogP contribution is 2.27. The van der Waals surface area contributed by atoms with Gasteiger partial charge < -0.3 is 9.47 Å². The maximum Gasteiger partial charge on any atom is 0.394 e. The number of ether oxygens (including phenoxy) is 2. The highest BCUT2D eigenvalue weighted by molar-refractivity contribution is 7.86. The van der Waals surface area contributed by atoms with Crippen molar-refractivity contribution >= 4 is 10.1 Å². The Kier molecular flexibility index (Phi) is 3.10. The Hall–Kier alpha value is -0.310. The van der Waals surface area contributed by atoms with E-state index in [4.69, 9.17) is 4.55 Å². The van der Waals surface area contributed by atoms with E-state index in [0.29, 0.717) is 6.61 Å². The molecule has 1 rings (SSSR count). The van der Waals surface area contributed by atoms with Crippen LogP contribution in [0.5, 0.6) is 0 Å². The highest BCUT2D eigenvalue weighted by Gasteiger charge is 2.50. The number of hydrogen-bond donors (Lipinski definition) is 1. The Bertz CT molecular complexity index is 297. The second-order valence-electron chi connectivity index (χ2n) is 2.97. The van der Waals surface area contributed by atoms with E-state index in [9.17, 15) is 17.2 Å². The van der Waals surface area contributed by atoms with Crippen LogP contribution in [-0.4, -0.2) is 43.6 Å². The molecule has 1 aliphatic rings. The lowest BCUT2D eigenvalue weighted by Gasteiger charge is -2.20. The summed E-state index contributed by atoms with van der Waals surface area (Å²) in [5.74, 6) is 0. The zero-order valence-corrected chi connectivity index (χ0v) is 8.13. The Balaban J connectivity index is 2.52. The minimum Gasteiger partial charge on any atom is -0.371 e. The number of hydrogen-bond acceptors (Lipinski definition) is 4. The first-order valence-corrected chi connectivity index (χ1v) is 5.27. The van der Waals surface area contributed by atoms with Crippen molar-refractivity contribution in [2.45, 2.75) is 24.4 Å². The van der Waals surface area contributed by atoms with Gasteiger partial charge >= 0.3 is 15.4 Å². The number of rotatable bonds is 5. The van der Waals surface area contributed by atoms with Crippen LogP contribution in [0, 0.1) is 0 Å². The average Bonchev–Trinajstić information content (AvgIpc) is 2.80. The van der Waals surface area contributed by atoms with Gasteiger partial charge in [0, 0.05) is 0 Å². The van der Waals surface area contributed by atoms with Gasteiger partial charge in [-0.05, 0) is 6.92 Å². The highest BCUT2D eigenvalue weighted by atomic mass is 32.2. The zero-order chi connectivity index (χ0) is 11.0. The molecule has 0 aromatic heterocycles. The Morgan fingerprint density at radius 3 is 2.57 bits per heavy atom. The van der Waals surface area contributed by atoms with Gasteiger partial charge in [-0.2, -0.15) is 17.2 Å². The molecule has 0 saturated carbocycles. The lowest BCUT2D eigenvalue weighted by molar-refractivity contribution is -0.0806. The zero-order valence-electron chi connectivity index (χ0n) is 7.31. The molecule has 0 bridgehead atoms. The summed E-state index contributed by atoms with van der Waals surface area (Å²) in [6.07, 6.45) is -2.14. The lowest BCUT2D eigenvalue weighted by atomic mass is 10.4.